The van der Waals surface area contributed by atoms with E-state index < -0.39 is 5.97 Å². The van der Waals surface area contributed by atoms with Crippen LogP contribution in [0, 0.1) is 0 Å². The van der Waals surface area contributed by atoms with Crippen LogP contribution >= 0.6 is 11.8 Å². The number of amides is 1. The van der Waals surface area contributed by atoms with E-state index in [4.69, 9.17) is 4.74 Å². The molecule has 1 heterocycles. The van der Waals surface area contributed by atoms with Gasteiger partial charge in [0.2, 0.25) is 5.91 Å². The Kier molecular flexibility index (Phi) is 7.01. The number of esters is 1. The van der Waals surface area contributed by atoms with Gasteiger partial charge < -0.3 is 9.64 Å². The third kappa shape index (κ3) is 4.68. The molecule has 0 saturated heterocycles. The minimum absolute atomic E-state index is 0.0558. The average molecular weight is 391 g/mol. The summed E-state index contributed by atoms with van der Waals surface area (Å²) in [6, 6.07) is 4.71. The van der Waals surface area contributed by atoms with Crippen molar-refractivity contribution in [2.24, 2.45) is 0 Å². The SMILES string of the molecule is CCCCn1c(S[C@H](C)C(=O)N(C)C)nc2cc(C(=O)OC)ccc2c1=O. The van der Waals surface area contributed by atoms with Gasteiger partial charge in [-0.15, -0.1) is 0 Å². The van der Waals surface area contributed by atoms with Crippen molar-refractivity contribution in [2.45, 2.75) is 43.6 Å². The summed E-state index contributed by atoms with van der Waals surface area (Å²) in [6.07, 6.45) is 1.76. The van der Waals surface area contributed by atoms with Crippen LogP contribution in [0.1, 0.15) is 37.0 Å². The van der Waals surface area contributed by atoms with Crippen LogP contribution in [0.2, 0.25) is 0 Å². The quantitative estimate of drug-likeness (QED) is 0.410. The van der Waals surface area contributed by atoms with Gasteiger partial charge in [-0.25, -0.2) is 9.78 Å². The fraction of sp³-hybridized carbons (Fsp3) is 0.474. The zero-order valence-corrected chi connectivity index (χ0v) is 17.1. The number of hydrogen-bond acceptors (Lipinski definition) is 6. The lowest BCUT2D eigenvalue weighted by Crippen LogP contribution is -2.31. The summed E-state index contributed by atoms with van der Waals surface area (Å²) in [4.78, 5) is 43.1. The third-order valence-corrected chi connectivity index (χ3v) is 5.23. The summed E-state index contributed by atoms with van der Waals surface area (Å²) in [7, 11) is 4.69. The highest BCUT2D eigenvalue weighted by Gasteiger charge is 2.21. The van der Waals surface area contributed by atoms with Crippen LogP contribution in [-0.4, -0.2) is 52.8 Å². The summed E-state index contributed by atoms with van der Waals surface area (Å²) in [5.41, 5.74) is 0.580. The van der Waals surface area contributed by atoms with Gasteiger partial charge in [-0.05, 0) is 31.5 Å². The maximum absolute atomic E-state index is 13.0. The maximum atomic E-state index is 13.0. The number of ether oxygens (including phenoxy) is 1. The topological polar surface area (TPSA) is 81.5 Å². The number of fused-ring (bicyclic) bond motifs is 1. The summed E-state index contributed by atoms with van der Waals surface area (Å²) >= 11 is 1.25. The first-order valence-corrected chi connectivity index (χ1v) is 9.68. The first kappa shape index (κ1) is 21.0. The molecule has 8 heteroatoms. The van der Waals surface area contributed by atoms with Crippen LogP contribution in [0.25, 0.3) is 10.9 Å². The molecule has 0 bridgehead atoms. The first-order valence-electron chi connectivity index (χ1n) is 8.80. The number of unbranched alkanes of at least 4 members (excludes halogenated alkanes) is 1. The van der Waals surface area contributed by atoms with Crippen LogP contribution in [0.5, 0.6) is 0 Å². The third-order valence-electron chi connectivity index (χ3n) is 4.15. The largest absolute Gasteiger partial charge is 0.465 e. The van der Waals surface area contributed by atoms with E-state index in [-0.39, 0.29) is 16.7 Å². The van der Waals surface area contributed by atoms with E-state index in [9.17, 15) is 14.4 Å². The Bertz CT molecular complexity index is 908. The molecule has 0 N–H and O–H groups in total. The molecule has 0 aliphatic rings. The molecule has 0 saturated carbocycles. The Morgan fingerprint density at radius 3 is 2.63 bits per heavy atom. The smallest absolute Gasteiger partial charge is 0.337 e. The van der Waals surface area contributed by atoms with E-state index >= 15 is 0 Å². The van der Waals surface area contributed by atoms with Crippen molar-refractivity contribution >= 4 is 34.5 Å². The highest BCUT2D eigenvalue weighted by molar-refractivity contribution is 8.00. The molecule has 0 radical (unpaired) electrons. The summed E-state index contributed by atoms with van der Waals surface area (Å²) < 4.78 is 6.36. The van der Waals surface area contributed by atoms with Gasteiger partial charge in [-0.3, -0.25) is 14.2 Å². The molecule has 0 unspecified atom stereocenters. The zero-order chi connectivity index (χ0) is 20.1. The Morgan fingerprint density at radius 1 is 1.33 bits per heavy atom. The Labute approximate surface area is 162 Å². The Balaban J connectivity index is 2.57. The number of carbonyl (C=O) groups is 2. The van der Waals surface area contributed by atoms with E-state index in [0.29, 0.717) is 28.2 Å². The van der Waals surface area contributed by atoms with Crippen LogP contribution in [0.4, 0.5) is 0 Å². The van der Waals surface area contributed by atoms with Crippen LogP contribution in [0.15, 0.2) is 28.2 Å². The van der Waals surface area contributed by atoms with Crippen molar-refractivity contribution in [3.63, 3.8) is 0 Å². The molecule has 0 aliphatic carbocycles. The second-order valence-electron chi connectivity index (χ2n) is 6.42. The number of nitrogens with zero attached hydrogens (tertiary/aromatic N) is 3. The van der Waals surface area contributed by atoms with Gasteiger partial charge in [0.05, 0.1) is 28.8 Å². The molecule has 1 atom stereocenters. The fourth-order valence-electron chi connectivity index (χ4n) is 2.62. The van der Waals surface area contributed by atoms with Crippen molar-refractivity contribution in [1.29, 1.82) is 0 Å². The van der Waals surface area contributed by atoms with Crippen LogP contribution in [-0.2, 0) is 16.1 Å². The number of aromatic nitrogens is 2. The van der Waals surface area contributed by atoms with Gasteiger partial charge in [-0.1, -0.05) is 25.1 Å². The molecule has 27 heavy (non-hydrogen) atoms. The van der Waals surface area contributed by atoms with Crippen molar-refractivity contribution in [1.82, 2.24) is 14.5 Å². The minimum atomic E-state index is -0.487. The Morgan fingerprint density at radius 2 is 2.04 bits per heavy atom. The monoisotopic (exact) mass is 391 g/mol. The van der Waals surface area contributed by atoms with Gasteiger partial charge in [0.15, 0.2) is 5.16 Å². The molecular formula is C19H25N3O4S. The highest BCUT2D eigenvalue weighted by Crippen LogP contribution is 2.24. The van der Waals surface area contributed by atoms with Gasteiger partial charge in [0.1, 0.15) is 0 Å². The number of benzene rings is 1. The Hall–Kier alpha value is -2.35. The minimum Gasteiger partial charge on any atom is -0.465 e. The normalized spacial score (nSPS) is 12.0. The fourth-order valence-corrected chi connectivity index (χ4v) is 3.70. The molecule has 1 aromatic heterocycles. The lowest BCUT2D eigenvalue weighted by molar-refractivity contribution is -0.127. The average Bonchev–Trinajstić information content (AvgIpc) is 2.65. The molecule has 0 spiro atoms. The second kappa shape index (κ2) is 9.03. The molecule has 1 aromatic carbocycles. The number of methoxy groups -OCH3 is 1. The van der Waals surface area contributed by atoms with Crippen LogP contribution < -0.4 is 5.56 Å². The maximum Gasteiger partial charge on any atom is 0.337 e. The predicted octanol–water partition coefficient (Wildman–Crippen LogP) is 2.55. The molecule has 0 aliphatic heterocycles. The standard InChI is InChI=1S/C19H25N3O4S/c1-6-7-10-22-17(24)14-9-8-13(18(25)26-5)11-15(14)20-19(22)27-12(2)16(23)21(3)4/h8-9,11-12H,6-7,10H2,1-5H3/t12-/m1/s1. The summed E-state index contributed by atoms with van der Waals surface area (Å²) in [5, 5.41) is 0.529. The second-order valence-corrected chi connectivity index (χ2v) is 7.73. The van der Waals surface area contributed by atoms with Crippen LogP contribution in [0.3, 0.4) is 0 Å². The van der Waals surface area contributed by atoms with Crippen molar-refractivity contribution in [3.8, 4) is 0 Å². The van der Waals surface area contributed by atoms with Crippen molar-refractivity contribution in [3.05, 3.63) is 34.1 Å². The molecular weight excluding hydrogens is 366 g/mol. The molecule has 7 nitrogen and oxygen atoms in total. The van der Waals surface area contributed by atoms with E-state index in [2.05, 4.69) is 4.98 Å². The van der Waals surface area contributed by atoms with Crippen molar-refractivity contribution in [2.75, 3.05) is 21.2 Å². The van der Waals surface area contributed by atoms with E-state index in [0.717, 1.165) is 12.8 Å². The first-order chi connectivity index (χ1) is 12.8. The van der Waals surface area contributed by atoms with Gasteiger partial charge >= 0.3 is 5.97 Å². The van der Waals surface area contributed by atoms with E-state index in [1.807, 2.05) is 6.92 Å². The molecule has 1 amide bonds. The molecule has 2 aromatic rings. The summed E-state index contributed by atoms with van der Waals surface area (Å²) in [5.74, 6) is -0.543. The molecule has 0 fully saturated rings. The summed E-state index contributed by atoms with van der Waals surface area (Å²) in [6.45, 7) is 4.37. The van der Waals surface area contributed by atoms with Gasteiger partial charge in [0, 0.05) is 20.6 Å². The lowest BCUT2D eigenvalue weighted by Gasteiger charge is -2.18. The lowest BCUT2D eigenvalue weighted by atomic mass is 10.1. The van der Waals surface area contributed by atoms with Gasteiger partial charge in [-0.2, -0.15) is 0 Å². The highest BCUT2D eigenvalue weighted by atomic mass is 32.2. The number of carbonyl (C=O) groups excluding carboxylic acids is 2. The number of hydrogen-bond donors (Lipinski definition) is 0. The van der Waals surface area contributed by atoms with Crippen molar-refractivity contribution < 1.29 is 14.3 Å². The zero-order valence-electron chi connectivity index (χ0n) is 16.3. The van der Waals surface area contributed by atoms with E-state index in [1.54, 1.807) is 43.8 Å². The van der Waals surface area contributed by atoms with Gasteiger partial charge in [0.25, 0.3) is 5.56 Å². The molecule has 2 rings (SSSR count). The predicted molar refractivity (Wildman–Crippen MR) is 106 cm³/mol. The number of thioether (sulfide) groups is 1. The number of rotatable bonds is 7. The molecule has 146 valence electrons. The van der Waals surface area contributed by atoms with E-state index in [1.165, 1.54) is 23.8 Å².